The first-order chi connectivity index (χ1) is 27.3. The van der Waals surface area contributed by atoms with Gasteiger partial charge in [0.05, 0.1) is 5.69 Å². The van der Waals surface area contributed by atoms with Gasteiger partial charge in [0.25, 0.3) is 0 Å². The molecule has 0 bridgehead atoms. The number of furan rings is 2. The number of anilines is 3. The summed E-state index contributed by atoms with van der Waals surface area (Å²) < 4.78 is 13.0. The van der Waals surface area contributed by atoms with E-state index in [9.17, 15) is 0 Å². The molecule has 3 heteroatoms. The smallest absolute Gasteiger partial charge is 0.143 e. The molecular weight excluding hydrogens is 671 g/mol. The van der Waals surface area contributed by atoms with Crippen LogP contribution in [0.15, 0.2) is 209 Å². The topological polar surface area (TPSA) is 29.5 Å². The lowest BCUT2D eigenvalue weighted by Crippen LogP contribution is -2.11. The number of nitrogens with zero attached hydrogens (tertiary/aromatic N) is 1. The van der Waals surface area contributed by atoms with E-state index in [1.54, 1.807) is 0 Å². The highest BCUT2D eigenvalue weighted by atomic mass is 16.3. The largest absolute Gasteiger partial charge is 0.456 e. The molecule has 11 rings (SSSR count). The molecule has 0 amide bonds. The molecule has 0 aliphatic carbocycles. The molecule has 9 aromatic carbocycles. The molecule has 0 unspecified atom stereocenters. The number of rotatable bonds is 6. The summed E-state index contributed by atoms with van der Waals surface area (Å²) in [6.45, 7) is 0. The van der Waals surface area contributed by atoms with Gasteiger partial charge in [-0.3, -0.25) is 0 Å². The van der Waals surface area contributed by atoms with Gasteiger partial charge in [0.2, 0.25) is 0 Å². The first-order valence-corrected chi connectivity index (χ1v) is 18.7. The number of benzene rings is 9. The Bertz CT molecular complexity index is 3220. The van der Waals surface area contributed by atoms with E-state index >= 15 is 0 Å². The number of para-hydroxylation sites is 4. The molecule has 11 aromatic rings. The van der Waals surface area contributed by atoms with Gasteiger partial charge >= 0.3 is 0 Å². The minimum atomic E-state index is 0.849. The third-order valence-corrected chi connectivity index (χ3v) is 10.9. The molecule has 0 atom stereocenters. The maximum absolute atomic E-state index is 6.58. The average Bonchev–Trinajstić information content (AvgIpc) is 3.82. The van der Waals surface area contributed by atoms with Crippen molar-refractivity contribution < 1.29 is 8.83 Å². The monoisotopic (exact) mass is 703 g/mol. The van der Waals surface area contributed by atoms with Crippen LogP contribution in [0.3, 0.4) is 0 Å². The van der Waals surface area contributed by atoms with Gasteiger partial charge in [-0.25, -0.2) is 0 Å². The third-order valence-electron chi connectivity index (χ3n) is 10.9. The van der Waals surface area contributed by atoms with Crippen molar-refractivity contribution in [2.24, 2.45) is 0 Å². The molecule has 0 radical (unpaired) electrons. The molecule has 0 saturated carbocycles. The zero-order valence-electron chi connectivity index (χ0n) is 29.8. The summed E-state index contributed by atoms with van der Waals surface area (Å²) in [4.78, 5) is 2.34. The van der Waals surface area contributed by atoms with Crippen LogP contribution in [0.25, 0.3) is 88.0 Å². The molecule has 0 spiro atoms. The molecule has 55 heavy (non-hydrogen) atoms. The highest BCUT2D eigenvalue weighted by molar-refractivity contribution is 6.11. The third kappa shape index (κ3) is 5.20. The lowest BCUT2D eigenvalue weighted by Gasteiger charge is -2.28. The van der Waals surface area contributed by atoms with Crippen molar-refractivity contribution >= 4 is 71.7 Å². The summed E-state index contributed by atoms with van der Waals surface area (Å²) in [7, 11) is 0. The van der Waals surface area contributed by atoms with Crippen LogP contribution in [0.5, 0.6) is 0 Å². The number of hydrogen-bond donors (Lipinski definition) is 0. The van der Waals surface area contributed by atoms with Crippen molar-refractivity contribution in [2.45, 2.75) is 0 Å². The van der Waals surface area contributed by atoms with E-state index in [0.717, 1.165) is 77.6 Å². The van der Waals surface area contributed by atoms with Crippen LogP contribution < -0.4 is 4.90 Å². The predicted molar refractivity (Wildman–Crippen MR) is 229 cm³/mol. The van der Waals surface area contributed by atoms with E-state index in [1.165, 1.54) is 27.5 Å². The van der Waals surface area contributed by atoms with Crippen LogP contribution in [-0.2, 0) is 0 Å². The summed E-state index contributed by atoms with van der Waals surface area (Å²) >= 11 is 0. The highest BCUT2D eigenvalue weighted by Gasteiger charge is 2.21. The zero-order chi connectivity index (χ0) is 36.3. The standard InChI is InChI=1S/C52H33NO2/c1-2-13-36-32-37(25-24-34(36)12-1)41-15-4-3-14-40(41)35-26-28-38(29-27-35)53(39-30-31-45-43-17-6-9-22-49(43)54-51(45)33-39)48-21-8-5-16-42(48)46-19-11-20-47-44-18-7-10-23-50(44)55-52(46)47/h1-33H. The fraction of sp³-hybridized carbons (Fsp3) is 0. The van der Waals surface area contributed by atoms with Gasteiger partial charge in [-0.2, -0.15) is 0 Å². The molecule has 0 aliphatic rings. The van der Waals surface area contributed by atoms with E-state index in [4.69, 9.17) is 8.83 Å². The second kappa shape index (κ2) is 12.6. The first kappa shape index (κ1) is 31.2. The van der Waals surface area contributed by atoms with Crippen LogP contribution in [0.4, 0.5) is 17.1 Å². The summed E-state index contributed by atoms with van der Waals surface area (Å²) in [5, 5.41) is 6.91. The molecule has 2 aromatic heterocycles. The Hall–Kier alpha value is -7.36. The van der Waals surface area contributed by atoms with E-state index in [0.29, 0.717) is 0 Å². The van der Waals surface area contributed by atoms with Gasteiger partial charge < -0.3 is 13.7 Å². The number of fused-ring (bicyclic) bond motifs is 7. The molecule has 0 saturated heterocycles. The average molecular weight is 704 g/mol. The maximum atomic E-state index is 6.58. The normalized spacial score (nSPS) is 11.6. The van der Waals surface area contributed by atoms with Crippen LogP contribution in [0, 0.1) is 0 Å². The Morgan fingerprint density at radius 1 is 0.309 bits per heavy atom. The van der Waals surface area contributed by atoms with Gasteiger partial charge in [-0.1, -0.05) is 146 Å². The van der Waals surface area contributed by atoms with Crippen LogP contribution in [0.2, 0.25) is 0 Å². The molecular formula is C52H33NO2. The minimum absolute atomic E-state index is 0.849. The van der Waals surface area contributed by atoms with Gasteiger partial charge in [0, 0.05) is 50.1 Å². The van der Waals surface area contributed by atoms with Crippen LogP contribution in [0.1, 0.15) is 0 Å². The van der Waals surface area contributed by atoms with E-state index in [-0.39, 0.29) is 0 Å². The second-order valence-electron chi connectivity index (χ2n) is 14.1. The maximum Gasteiger partial charge on any atom is 0.143 e. The van der Waals surface area contributed by atoms with Gasteiger partial charge in [0.1, 0.15) is 22.3 Å². The lowest BCUT2D eigenvalue weighted by molar-refractivity contribution is 0.669. The van der Waals surface area contributed by atoms with E-state index in [2.05, 4.69) is 181 Å². The second-order valence-corrected chi connectivity index (χ2v) is 14.1. The molecule has 3 nitrogen and oxygen atoms in total. The van der Waals surface area contributed by atoms with Gasteiger partial charge in [-0.15, -0.1) is 0 Å². The fourth-order valence-corrected chi connectivity index (χ4v) is 8.27. The molecule has 0 aliphatic heterocycles. The molecule has 258 valence electrons. The Labute approximate surface area is 317 Å². The highest BCUT2D eigenvalue weighted by Crippen LogP contribution is 2.46. The van der Waals surface area contributed by atoms with E-state index < -0.39 is 0 Å². The quantitative estimate of drug-likeness (QED) is 0.173. The van der Waals surface area contributed by atoms with Gasteiger partial charge in [0.15, 0.2) is 0 Å². The minimum Gasteiger partial charge on any atom is -0.456 e. The SMILES string of the molecule is c1ccc(-c2ccc3ccccc3c2)c(-c2ccc(N(c3ccc4c(c3)oc3ccccc34)c3ccccc3-c3cccc4c3oc3ccccc34)cc2)c1. The van der Waals surface area contributed by atoms with Crippen molar-refractivity contribution in [2.75, 3.05) is 4.90 Å². The predicted octanol–water partition coefficient (Wildman–Crippen LogP) is 15.1. The van der Waals surface area contributed by atoms with Crippen LogP contribution in [-0.4, -0.2) is 0 Å². The molecule has 0 fully saturated rings. The van der Waals surface area contributed by atoms with Crippen LogP contribution >= 0.6 is 0 Å². The summed E-state index contributed by atoms with van der Waals surface area (Å²) in [6.07, 6.45) is 0. The Balaban J connectivity index is 1.08. The lowest BCUT2D eigenvalue weighted by atomic mass is 9.93. The van der Waals surface area contributed by atoms with Crippen molar-refractivity contribution in [3.05, 3.63) is 200 Å². The molecule has 2 heterocycles. The fourth-order valence-electron chi connectivity index (χ4n) is 8.27. The zero-order valence-corrected chi connectivity index (χ0v) is 29.8. The van der Waals surface area contributed by atoms with E-state index in [1.807, 2.05) is 24.3 Å². The summed E-state index contributed by atoms with van der Waals surface area (Å²) in [5.74, 6) is 0. The summed E-state index contributed by atoms with van der Waals surface area (Å²) in [6, 6.07) is 71.0. The number of hydrogen-bond acceptors (Lipinski definition) is 3. The first-order valence-electron chi connectivity index (χ1n) is 18.7. The van der Waals surface area contributed by atoms with Crippen molar-refractivity contribution in [3.63, 3.8) is 0 Å². The van der Waals surface area contributed by atoms with Gasteiger partial charge in [-0.05, 0) is 81.6 Å². The van der Waals surface area contributed by atoms with Crippen molar-refractivity contribution in [1.29, 1.82) is 0 Å². The van der Waals surface area contributed by atoms with Crippen molar-refractivity contribution in [3.8, 4) is 33.4 Å². The molecule has 0 N–H and O–H groups in total. The van der Waals surface area contributed by atoms with Crippen molar-refractivity contribution in [1.82, 2.24) is 0 Å². The summed E-state index contributed by atoms with van der Waals surface area (Å²) in [5.41, 5.74) is 13.4. The Morgan fingerprint density at radius 3 is 1.69 bits per heavy atom. The Kier molecular flexibility index (Phi) is 7.17. The Morgan fingerprint density at radius 2 is 0.873 bits per heavy atom.